The maximum atomic E-state index is 11.7. The molecule has 112 valence electrons. The molecule has 0 radical (unpaired) electrons. The van der Waals surface area contributed by atoms with Crippen LogP contribution in [0.1, 0.15) is 51.7 Å². The predicted octanol–water partition coefficient (Wildman–Crippen LogP) is 3.34. The third kappa shape index (κ3) is 1.75. The fraction of sp³-hybridized carbons (Fsp3) is 0.316. The number of benzene rings is 2. The van der Waals surface area contributed by atoms with Gasteiger partial charge in [-0.3, -0.25) is 0 Å². The largest absolute Gasteiger partial charge is 0.465 e. The van der Waals surface area contributed by atoms with E-state index in [0.29, 0.717) is 11.5 Å². The first-order chi connectivity index (χ1) is 10.6. The second-order valence-corrected chi connectivity index (χ2v) is 6.31. The molecule has 2 bridgehead atoms. The van der Waals surface area contributed by atoms with Crippen molar-refractivity contribution in [3.05, 3.63) is 70.8 Å². The molecule has 4 rings (SSSR count). The first-order valence-electron chi connectivity index (χ1n) is 7.63. The van der Waals surface area contributed by atoms with E-state index in [1.165, 1.54) is 18.2 Å². The number of aliphatic hydroxyl groups is 1. The molecule has 0 aliphatic heterocycles. The lowest BCUT2D eigenvalue weighted by atomic mass is 9.75. The summed E-state index contributed by atoms with van der Waals surface area (Å²) >= 11 is 0. The smallest absolute Gasteiger partial charge is 0.337 e. The molecule has 0 unspecified atom stereocenters. The molecule has 0 heterocycles. The van der Waals surface area contributed by atoms with Crippen molar-refractivity contribution < 1.29 is 14.6 Å². The minimum absolute atomic E-state index is 0.113. The number of fused-ring (bicyclic) bond motifs is 5. The molecule has 2 aliphatic carbocycles. The Kier molecular flexibility index (Phi) is 2.88. The number of hydrogen-bond acceptors (Lipinski definition) is 3. The van der Waals surface area contributed by atoms with Gasteiger partial charge in [-0.2, -0.15) is 0 Å². The minimum Gasteiger partial charge on any atom is -0.465 e. The van der Waals surface area contributed by atoms with Gasteiger partial charge in [-0.15, -0.1) is 0 Å². The molecule has 2 aromatic rings. The van der Waals surface area contributed by atoms with Crippen LogP contribution in [0.5, 0.6) is 0 Å². The van der Waals surface area contributed by atoms with Gasteiger partial charge in [-0.25, -0.2) is 4.79 Å². The van der Waals surface area contributed by atoms with Gasteiger partial charge in [0.15, 0.2) is 0 Å². The Hall–Kier alpha value is -2.13. The van der Waals surface area contributed by atoms with Crippen LogP contribution in [0.3, 0.4) is 0 Å². The zero-order valence-corrected chi connectivity index (χ0v) is 12.5. The quantitative estimate of drug-likeness (QED) is 0.864. The highest BCUT2D eigenvalue weighted by molar-refractivity contribution is 5.89. The standard InChI is InChI=1S/C19H18O3/c1-22-18(20)12-7-8-15-16(9-12)13-10-17(15)19(21,11-13)14-5-3-2-4-6-14/h2-9,13,17,21H,10-11H2,1H3/t13-,17-,19+/m0/s1. The van der Waals surface area contributed by atoms with Crippen LogP contribution in [0.4, 0.5) is 0 Å². The normalized spacial score (nSPS) is 28.5. The molecule has 0 amide bonds. The first kappa shape index (κ1) is 13.5. The average molecular weight is 294 g/mol. The third-order valence-electron chi connectivity index (χ3n) is 5.25. The van der Waals surface area contributed by atoms with Gasteiger partial charge in [0.05, 0.1) is 18.3 Å². The summed E-state index contributed by atoms with van der Waals surface area (Å²) in [4.78, 5) is 11.7. The van der Waals surface area contributed by atoms with Gasteiger partial charge in [0.25, 0.3) is 0 Å². The molecule has 1 fully saturated rings. The van der Waals surface area contributed by atoms with Crippen molar-refractivity contribution in [2.45, 2.75) is 30.3 Å². The fourth-order valence-corrected chi connectivity index (χ4v) is 4.24. The van der Waals surface area contributed by atoms with E-state index in [9.17, 15) is 9.90 Å². The number of methoxy groups -OCH3 is 1. The molecule has 2 aliphatic rings. The van der Waals surface area contributed by atoms with Crippen LogP contribution < -0.4 is 0 Å². The Bertz CT molecular complexity index is 738. The van der Waals surface area contributed by atoms with Crippen molar-refractivity contribution in [2.24, 2.45) is 0 Å². The van der Waals surface area contributed by atoms with Gasteiger partial charge >= 0.3 is 5.97 Å². The Labute approximate surface area is 129 Å². The second-order valence-electron chi connectivity index (χ2n) is 6.31. The Morgan fingerprint density at radius 2 is 1.95 bits per heavy atom. The topological polar surface area (TPSA) is 46.5 Å². The molecule has 3 heteroatoms. The molecule has 0 spiro atoms. The van der Waals surface area contributed by atoms with Crippen molar-refractivity contribution in [1.29, 1.82) is 0 Å². The van der Waals surface area contributed by atoms with Gasteiger partial charge in [0.1, 0.15) is 0 Å². The van der Waals surface area contributed by atoms with Gasteiger partial charge in [-0.1, -0.05) is 36.4 Å². The van der Waals surface area contributed by atoms with Crippen molar-refractivity contribution in [1.82, 2.24) is 0 Å². The summed E-state index contributed by atoms with van der Waals surface area (Å²) in [6.45, 7) is 0. The van der Waals surface area contributed by atoms with E-state index in [4.69, 9.17) is 4.74 Å². The van der Waals surface area contributed by atoms with Crippen molar-refractivity contribution in [3.63, 3.8) is 0 Å². The monoisotopic (exact) mass is 294 g/mol. The summed E-state index contributed by atoms with van der Waals surface area (Å²) < 4.78 is 4.80. The molecule has 1 saturated carbocycles. The highest BCUT2D eigenvalue weighted by Crippen LogP contribution is 2.61. The fourth-order valence-electron chi connectivity index (χ4n) is 4.24. The van der Waals surface area contributed by atoms with E-state index in [0.717, 1.165) is 18.4 Å². The highest BCUT2D eigenvalue weighted by Gasteiger charge is 2.53. The van der Waals surface area contributed by atoms with E-state index in [2.05, 4.69) is 0 Å². The Balaban J connectivity index is 1.76. The molecular weight excluding hydrogens is 276 g/mol. The molecule has 1 N–H and O–H groups in total. The summed E-state index contributed by atoms with van der Waals surface area (Å²) in [5.74, 6) is 0.125. The SMILES string of the molecule is COC(=O)c1ccc2c(c1)[C@H]1C[C@@H]2[C@](O)(c2ccccc2)C1. The van der Waals surface area contributed by atoms with Gasteiger partial charge < -0.3 is 9.84 Å². The number of esters is 1. The van der Waals surface area contributed by atoms with Crippen molar-refractivity contribution >= 4 is 5.97 Å². The maximum absolute atomic E-state index is 11.7. The Morgan fingerprint density at radius 3 is 2.68 bits per heavy atom. The van der Waals surface area contributed by atoms with Gasteiger partial charge in [0.2, 0.25) is 0 Å². The van der Waals surface area contributed by atoms with Crippen LogP contribution in [0.15, 0.2) is 48.5 Å². The van der Waals surface area contributed by atoms with Crippen LogP contribution in [0, 0.1) is 0 Å². The number of rotatable bonds is 2. The number of hydrogen-bond donors (Lipinski definition) is 1. The summed E-state index contributed by atoms with van der Waals surface area (Å²) in [7, 11) is 1.40. The van der Waals surface area contributed by atoms with Crippen LogP contribution in [0.25, 0.3) is 0 Å². The van der Waals surface area contributed by atoms with Crippen molar-refractivity contribution in [2.75, 3.05) is 7.11 Å². The van der Waals surface area contributed by atoms with Crippen LogP contribution >= 0.6 is 0 Å². The number of carbonyl (C=O) groups excluding carboxylic acids is 1. The lowest BCUT2D eigenvalue weighted by molar-refractivity contribution is 0.0209. The number of carbonyl (C=O) groups is 1. The van der Waals surface area contributed by atoms with Crippen LogP contribution in [-0.4, -0.2) is 18.2 Å². The summed E-state index contributed by atoms with van der Waals surface area (Å²) in [6, 6.07) is 15.6. The molecule has 2 aromatic carbocycles. The summed E-state index contributed by atoms with van der Waals surface area (Å²) in [5, 5.41) is 11.2. The molecule has 3 atom stereocenters. The molecule has 3 nitrogen and oxygen atoms in total. The highest BCUT2D eigenvalue weighted by atomic mass is 16.5. The van der Waals surface area contributed by atoms with E-state index < -0.39 is 5.60 Å². The van der Waals surface area contributed by atoms with Gasteiger partial charge in [0, 0.05) is 5.92 Å². The van der Waals surface area contributed by atoms with Crippen LogP contribution in [0.2, 0.25) is 0 Å². The third-order valence-corrected chi connectivity index (χ3v) is 5.25. The van der Waals surface area contributed by atoms with E-state index in [1.54, 1.807) is 6.07 Å². The lowest BCUT2D eigenvalue weighted by Crippen LogP contribution is -2.31. The molecular formula is C19H18O3. The zero-order valence-electron chi connectivity index (χ0n) is 12.5. The van der Waals surface area contributed by atoms with E-state index in [-0.39, 0.29) is 11.9 Å². The summed E-state index contributed by atoms with van der Waals surface area (Å²) in [5.41, 5.74) is 3.18. The second kappa shape index (κ2) is 4.68. The maximum Gasteiger partial charge on any atom is 0.337 e. The predicted molar refractivity (Wildman–Crippen MR) is 82.8 cm³/mol. The van der Waals surface area contributed by atoms with E-state index >= 15 is 0 Å². The first-order valence-corrected chi connectivity index (χ1v) is 7.63. The lowest BCUT2D eigenvalue weighted by Gasteiger charge is -2.34. The van der Waals surface area contributed by atoms with Crippen LogP contribution in [-0.2, 0) is 10.3 Å². The summed E-state index contributed by atoms with van der Waals surface area (Å²) in [6.07, 6.45) is 1.67. The van der Waals surface area contributed by atoms with Crippen molar-refractivity contribution in [3.8, 4) is 0 Å². The van der Waals surface area contributed by atoms with Gasteiger partial charge in [-0.05, 0) is 47.6 Å². The number of ether oxygens (including phenoxy) is 1. The zero-order chi connectivity index (χ0) is 15.3. The minimum atomic E-state index is -0.786. The van der Waals surface area contributed by atoms with E-state index in [1.807, 2.05) is 42.5 Å². The molecule has 0 aromatic heterocycles. The Morgan fingerprint density at radius 1 is 1.18 bits per heavy atom. The molecule has 22 heavy (non-hydrogen) atoms. The average Bonchev–Trinajstić information content (AvgIpc) is 3.10. The molecule has 0 saturated heterocycles.